The first-order chi connectivity index (χ1) is 10.9. The van der Waals surface area contributed by atoms with Gasteiger partial charge in [-0.2, -0.15) is 0 Å². The number of unbranched alkanes of at least 4 members (excludes halogenated alkanes) is 6. The van der Waals surface area contributed by atoms with Crippen LogP contribution in [-0.4, -0.2) is 30.9 Å². The van der Waals surface area contributed by atoms with Gasteiger partial charge in [0.25, 0.3) is 0 Å². The molecule has 1 saturated heterocycles. The van der Waals surface area contributed by atoms with Crippen LogP contribution >= 0.6 is 0 Å². The maximum atomic E-state index is 11.1. The summed E-state index contributed by atoms with van der Waals surface area (Å²) in [6.45, 7) is 7.45. The molecule has 1 unspecified atom stereocenters. The summed E-state index contributed by atoms with van der Waals surface area (Å²) in [5, 5.41) is 3.73. The molecule has 1 aliphatic heterocycles. The molecule has 4 heteroatoms. The molecule has 0 bridgehead atoms. The number of methoxy groups -OCH3 is 1. The lowest BCUT2D eigenvalue weighted by Crippen LogP contribution is -2.48. The second-order valence-electron chi connectivity index (χ2n) is 7.59. The predicted molar refractivity (Wildman–Crippen MR) is 94.4 cm³/mol. The number of carbonyl (C=O) groups excluding carboxylic acids is 1. The number of esters is 1. The van der Waals surface area contributed by atoms with Crippen LogP contribution in [0, 0.1) is 0 Å². The summed E-state index contributed by atoms with van der Waals surface area (Å²) >= 11 is 0. The highest BCUT2D eigenvalue weighted by Crippen LogP contribution is 2.32. The third-order valence-electron chi connectivity index (χ3n) is 4.65. The number of carbonyl (C=O) groups is 1. The molecule has 1 rings (SSSR count). The zero-order valence-electron chi connectivity index (χ0n) is 15.7. The summed E-state index contributed by atoms with van der Waals surface area (Å²) in [5.41, 5.74) is -0.0869. The summed E-state index contributed by atoms with van der Waals surface area (Å²) in [4.78, 5) is 11.1. The van der Waals surface area contributed by atoms with Crippen LogP contribution in [0.2, 0.25) is 0 Å². The molecule has 136 valence electrons. The van der Waals surface area contributed by atoms with E-state index in [1.54, 1.807) is 0 Å². The highest BCUT2D eigenvalue weighted by Gasteiger charge is 2.42. The molecule has 0 aromatic rings. The highest BCUT2D eigenvalue weighted by molar-refractivity contribution is 5.68. The Labute approximate surface area is 142 Å². The van der Waals surface area contributed by atoms with Crippen LogP contribution in [0.4, 0.5) is 0 Å². The van der Waals surface area contributed by atoms with Crippen LogP contribution in [0.3, 0.4) is 0 Å². The zero-order chi connectivity index (χ0) is 17.2. The van der Waals surface area contributed by atoms with Crippen LogP contribution in [0.1, 0.15) is 91.4 Å². The predicted octanol–water partition coefficient (Wildman–Crippen LogP) is 4.57. The van der Waals surface area contributed by atoms with Crippen LogP contribution in [0.5, 0.6) is 0 Å². The first-order valence-corrected chi connectivity index (χ1v) is 9.43. The highest BCUT2D eigenvalue weighted by atomic mass is 16.5. The molecule has 0 aromatic heterocycles. The quantitative estimate of drug-likeness (QED) is 0.421. The topological polar surface area (TPSA) is 47.6 Å². The number of nitrogens with one attached hydrogen (secondary N) is 1. The van der Waals surface area contributed by atoms with Gasteiger partial charge < -0.3 is 9.47 Å². The maximum absolute atomic E-state index is 11.1. The van der Waals surface area contributed by atoms with Gasteiger partial charge in [-0.25, -0.2) is 0 Å². The Balaban J connectivity index is 2.33. The minimum Gasteiger partial charge on any atom is -0.469 e. The fourth-order valence-corrected chi connectivity index (χ4v) is 3.37. The first kappa shape index (κ1) is 20.4. The third kappa shape index (κ3) is 8.16. The summed E-state index contributed by atoms with van der Waals surface area (Å²) in [6, 6.07) is 0. The minimum absolute atomic E-state index is 0.0649. The third-order valence-corrected chi connectivity index (χ3v) is 4.65. The Morgan fingerprint density at radius 3 is 2.17 bits per heavy atom. The molecule has 0 radical (unpaired) electrons. The molecule has 0 amide bonds. The van der Waals surface area contributed by atoms with Gasteiger partial charge >= 0.3 is 5.97 Å². The fraction of sp³-hybridized carbons (Fsp3) is 0.947. The lowest BCUT2D eigenvalue weighted by Gasteiger charge is -2.31. The smallest absolute Gasteiger partial charge is 0.305 e. The number of ether oxygens (including phenoxy) is 2. The van der Waals surface area contributed by atoms with Crippen LogP contribution < -0.4 is 5.32 Å². The molecule has 1 N–H and O–H groups in total. The summed E-state index contributed by atoms with van der Waals surface area (Å²) < 4.78 is 10.9. The van der Waals surface area contributed by atoms with Crippen molar-refractivity contribution in [3.63, 3.8) is 0 Å². The van der Waals surface area contributed by atoms with E-state index in [-0.39, 0.29) is 17.2 Å². The second kappa shape index (κ2) is 10.3. The first-order valence-electron chi connectivity index (χ1n) is 9.43. The molecule has 1 heterocycles. The molecule has 1 fully saturated rings. The standard InChI is InChI=1S/C19H37NO3/c1-5-6-7-8-11-14-19(20-18(2,3)16-23-19)15-12-9-10-13-17(21)22-4/h20H,5-16H2,1-4H3. The van der Waals surface area contributed by atoms with Crippen LogP contribution in [0.15, 0.2) is 0 Å². The van der Waals surface area contributed by atoms with Gasteiger partial charge in [-0.15, -0.1) is 0 Å². The lowest BCUT2D eigenvalue weighted by molar-refractivity contribution is -0.140. The Morgan fingerprint density at radius 2 is 1.65 bits per heavy atom. The van der Waals surface area contributed by atoms with Crippen molar-refractivity contribution in [3.8, 4) is 0 Å². The monoisotopic (exact) mass is 327 g/mol. The van der Waals surface area contributed by atoms with E-state index < -0.39 is 0 Å². The minimum atomic E-state index is -0.152. The Bertz CT molecular complexity index is 344. The average Bonchev–Trinajstić information content (AvgIpc) is 2.82. The van der Waals surface area contributed by atoms with Crippen molar-refractivity contribution in [2.24, 2.45) is 0 Å². The van der Waals surface area contributed by atoms with Gasteiger partial charge in [0.15, 0.2) is 0 Å². The van der Waals surface area contributed by atoms with Crippen molar-refractivity contribution in [3.05, 3.63) is 0 Å². The van der Waals surface area contributed by atoms with E-state index >= 15 is 0 Å². The van der Waals surface area contributed by atoms with Gasteiger partial charge in [0, 0.05) is 12.0 Å². The number of rotatable bonds is 12. The molecule has 0 aliphatic carbocycles. The molecule has 0 saturated carbocycles. The van der Waals surface area contributed by atoms with Crippen molar-refractivity contribution in [2.75, 3.05) is 13.7 Å². The molecule has 4 nitrogen and oxygen atoms in total. The molecule has 23 heavy (non-hydrogen) atoms. The van der Waals surface area contributed by atoms with Crippen molar-refractivity contribution in [2.45, 2.75) is 103 Å². The average molecular weight is 328 g/mol. The van der Waals surface area contributed by atoms with E-state index in [2.05, 4.69) is 30.8 Å². The van der Waals surface area contributed by atoms with E-state index in [1.165, 1.54) is 39.2 Å². The molecule has 1 atom stereocenters. The van der Waals surface area contributed by atoms with Gasteiger partial charge in [0.2, 0.25) is 0 Å². The lowest BCUT2D eigenvalue weighted by atomic mass is 9.95. The molecular formula is C19H37NO3. The summed E-state index contributed by atoms with van der Waals surface area (Å²) in [5.74, 6) is -0.105. The molecule has 1 aliphatic rings. The summed E-state index contributed by atoms with van der Waals surface area (Å²) in [6.07, 6.45) is 12.2. The number of hydrogen-bond donors (Lipinski definition) is 1. The second-order valence-corrected chi connectivity index (χ2v) is 7.59. The molecule has 0 spiro atoms. The Kier molecular flexibility index (Phi) is 9.15. The van der Waals surface area contributed by atoms with Gasteiger partial charge in [0.1, 0.15) is 5.72 Å². The molecular weight excluding hydrogens is 290 g/mol. The van der Waals surface area contributed by atoms with Crippen LogP contribution in [-0.2, 0) is 14.3 Å². The van der Waals surface area contributed by atoms with Gasteiger partial charge in [-0.3, -0.25) is 10.1 Å². The normalized spacial score (nSPS) is 23.1. The molecule has 0 aromatic carbocycles. The largest absolute Gasteiger partial charge is 0.469 e. The van der Waals surface area contributed by atoms with Gasteiger partial charge in [-0.05, 0) is 46.0 Å². The van der Waals surface area contributed by atoms with E-state index in [9.17, 15) is 4.79 Å². The fourth-order valence-electron chi connectivity index (χ4n) is 3.37. The zero-order valence-corrected chi connectivity index (χ0v) is 15.7. The van der Waals surface area contributed by atoms with E-state index in [0.717, 1.165) is 38.7 Å². The Hall–Kier alpha value is -0.610. The van der Waals surface area contributed by atoms with Crippen LogP contribution in [0.25, 0.3) is 0 Å². The summed E-state index contributed by atoms with van der Waals surface area (Å²) in [7, 11) is 1.45. The van der Waals surface area contributed by atoms with E-state index in [4.69, 9.17) is 4.74 Å². The van der Waals surface area contributed by atoms with Gasteiger partial charge in [-0.1, -0.05) is 39.0 Å². The van der Waals surface area contributed by atoms with E-state index in [0.29, 0.717) is 6.42 Å². The Morgan fingerprint density at radius 1 is 1.04 bits per heavy atom. The van der Waals surface area contributed by atoms with Crippen molar-refractivity contribution in [1.82, 2.24) is 5.32 Å². The van der Waals surface area contributed by atoms with E-state index in [1.807, 2.05) is 0 Å². The maximum Gasteiger partial charge on any atom is 0.305 e. The van der Waals surface area contributed by atoms with Gasteiger partial charge in [0.05, 0.1) is 13.7 Å². The van der Waals surface area contributed by atoms with Crippen molar-refractivity contribution >= 4 is 5.97 Å². The van der Waals surface area contributed by atoms with Crippen molar-refractivity contribution < 1.29 is 14.3 Å². The number of hydrogen-bond acceptors (Lipinski definition) is 4. The SMILES string of the molecule is CCCCCCCC1(CCCCCC(=O)OC)NC(C)(C)CO1. The van der Waals surface area contributed by atoms with Crippen molar-refractivity contribution in [1.29, 1.82) is 0 Å².